The molecule has 18 heavy (non-hydrogen) atoms. The van der Waals surface area contributed by atoms with Gasteiger partial charge in [0.05, 0.1) is 7.11 Å². The highest BCUT2D eigenvalue weighted by atomic mass is 16.5. The zero-order chi connectivity index (χ0) is 13.0. The normalized spacial score (nSPS) is 10.3. The first-order valence-electron chi connectivity index (χ1n) is 6.09. The minimum Gasteiger partial charge on any atom is -0.481 e. The Balaban J connectivity index is 2.27. The van der Waals surface area contributed by atoms with Crippen LogP contribution in [0.1, 0.15) is 23.6 Å². The van der Waals surface area contributed by atoms with Gasteiger partial charge in [0.2, 0.25) is 5.88 Å². The Labute approximate surface area is 108 Å². The predicted octanol–water partition coefficient (Wildman–Crippen LogP) is 2.83. The Morgan fingerprint density at radius 2 is 1.78 bits per heavy atom. The summed E-state index contributed by atoms with van der Waals surface area (Å²) in [7, 11) is 1.62. The molecule has 0 saturated heterocycles. The number of ether oxygens (including phenoxy) is 1. The molecule has 0 spiro atoms. The highest BCUT2D eigenvalue weighted by molar-refractivity contribution is 5.52. The number of rotatable bonds is 4. The molecule has 0 aliphatic heterocycles. The number of aryl methyl sites for hydroxylation is 1. The van der Waals surface area contributed by atoms with Gasteiger partial charge in [0.1, 0.15) is 0 Å². The third kappa shape index (κ3) is 2.62. The molecule has 0 unspecified atom stereocenters. The summed E-state index contributed by atoms with van der Waals surface area (Å²) in [5.74, 6) is 0.606. The van der Waals surface area contributed by atoms with Crippen molar-refractivity contribution in [3.8, 4) is 5.88 Å². The van der Waals surface area contributed by atoms with Gasteiger partial charge in [-0.3, -0.25) is 0 Å². The van der Waals surface area contributed by atoms with Crippen molar-refractivity contribution >= 4 is 5.69 Å². The van der Waals surface area contributed by atoms with Crippen molar-refractivity contribution in [3.63, 3.8) is 0 Å². The highest BCUT2D eigenvalue weighted by Gasteiger charge is 2.09. The first-order chi connectivity index (χ1) is 8.74. The van der Waals surface area contributed by atoms with Gasteiger partial charge in [0.15, 0.2) is 0 Å². The molecule has 2 aromatic rings. The maximum atomic E-state index is 5.98. The van der Waals surface area contributed by atoms with Crippen LogP contribution in [0.15, 0.2) is 36.5 Å². The van der Waals surface area contributed by atoms with Crippen LogP contribution in [0.25, 0.3) is 0 Å². The molecule has 94 valence electrons. The maximum Gasteiger partial charge on any atom is 0.218 e. The average Bonchev–Trinajstić information content (AvgIpc) is 2.42. The van der Waals surface area contributed by atoms with Crippen LogP contribution in [0.5, 0.6) is 5.88 Å². The molecule has 1 aromatic carbocycles. The summed E-state index contributed by atoms with van der Waals surface area (Å²) in [5.41, 5.74) is 10.2. The van der Waals surface area contributed by atoms with Gasteiger partial charge in [0.25, 0.3) is 0 Å². The Morgan fingerprint density at radius 1 is 1.11 bits per heavy atom. The lowest BCUT2D eigenvalue weighted by atomic mass is 10.0. The van der Waals surface area contributed by atoms with Crippen LogP contribution >= 0.6 is 0 Å². The lowest BCUT2D eigenvalue weighted by molar-refractivity contribution is 0.394. The Morgan fingerprint density at radius 3 is 2.39 bits per heavy atom. The fraction of sp³-hybridized carbons (Fsp3) is 0.267. The zero-order valence-corrected chi connectivity index (χ0v) is 10.8. The third-order valence-corrected chi connectivity index (χ3v) is 3.06. The maximum absolute atomic E-state index is 5.98. The second-order valence-corrected chi connectivity index (χ2v) is 4.23. The molecule has 0 aliphatic carbocycles. The van der Waals surface area contributed by atoms with E-state index < -0.39 is 0 Å². The number of methoxy groups -OCH3 is 1. The van der Waals surface area contributed by atoms with E-state index in [9.17, 15) is 0 Å². The van der Waals surface area contributed by atoms with E-state index in [2.05, 4.69) is 36.2 Å². The highest BCUT2D eigenvalue weighted by Crippen LogP contribution is 2.24. The van der Waals surface area contributed by atoms with Crippen LogP contribution in [0.4, 0.5) is 5.69 Å². The number of aromatic nitrogens is 1. The van der Waals surface area contributed by atoms with Crippen molar-refractivity contribution < 1.29 is 4.74 Å². The molecule has 1 aromatic heterocycles. The van der Waals surface area contributed by atoms with Crippen LogP contribution in [-0.4, -0.2) is 12.1 Å². The van der Waals surface area contributed by atoms with E-state index in [-0.39, 0.29) is 0 Å². The number of hydrogen-bond acceptors (Lipinski definition) is 3. The number of hydrogen-bond donors (Lipinski definition) is 1. The lowest BCUT2D eigenvalue weighted by Crippen LogP contribution is -2.01. The molecule has 0 atom stereocenters. The smallest absolute Gasteiger partial charge is 0.218 e. The van der Waals surface area contributed by atoms with Crippen molar-refractivity contribution in [2.45, 2.75) is 19.8 Å². The van der Waals surface area contributed by atoms with Crippen LogP contribution in [-0.2, 0) is 12.8 Å². The Hall–Kier alpha value is -2.03. The van der Waals surface area contributed by atoms with Crippen molar-refractivity contribution in [3.05, 3.63) is 53.2 Å². The topological polar surface area (TPSA) is 48.1 Å². The van der Waals surface area contributed by atoms with Crippen LogP contribution < -0.4 is 10.5 Å². The molecule has 0 bridgehead atoms. The van der Waals surface area contributed by atoms with E-state index in [4.69, 9.17) is 10.5 Å². The molecule has 3 heteroatoms. The van der Waals surface area contributed by atoms with Gasteiger partial charge >= 0.3 is 0 Å². The zero-order valence-electron chi connectivity index (χ0n) is 10.8. The van der Waals surface area contributed by atoms with Gasteiger partial charge in [-0.25, -0.2) is 4.98 Å². The van der Waals surface area contributed by atoms with Gasteiger partial charge < -0.3 is 10.5 Å². The monoisotopic (exact) mass is 242 g/mol. The summed E-state index contributed by atoms with van der Waals surface area (Å²) in [6.07, 6.45) is 3.46. The van der Waals surface area contributed by atoms with E-state index in [1.807, 2.05) is 0 Å². The standard InChI is InChI=1S/C15H18N2O/c1-3-11-4-6-12(7-5-11)10-13-14(16)8-9-17-15(13)18-2/h4-9H,3,10H2,1-2H3,(H2,16,17). The van der Waals surface area contributed by atoms with Crippen LogP contribution in [0.2, 0.25) is 0 Å². The van der Waals surface area contributed by atoms with Gasteiger partial charge in [-0.1, -0.05) is 31.2 Å². The summed E-state index contributed by atoms with van der Waals surface area (Å²) < 4.78 is 5.25. The molecule has 2 N–H and O–H groups in total. The van der Waals surface area contributed by atoms with E-state index in [0.717, 1.165) is 24.1 Å². The third-order valence-electron chi connectivity index (χ3n) is 3.06. The number of benzene rings is 1. The molecule has 2 rings (SSSR count). The molecule has 0 aliphatic rings. The lowest BCUT2D eigenvalue weighted by Gasteiger charge is -2.10. The molecular weight excluding hydrogens is 224 g/mol. The van der Waals surface area contributed by atoms with Crippen LogP contribution in [0.3, 0.4) is 0 Å². The molecule has 0 radical (unpaired) electrons. The summed E-state index contributed by atoms with van der Waals surface area (Å²) in [6.45, 7) is 2.15. The van der Waals surface area contributed by atoms with Crippen molar-refractivity contribution in [1.82, 2.24) is 4.98 Å². The van der Waals surface area contributed by atoms with E-state index in [1.54, 1.807) is 19.4 Å². The molecule has 0 amide bonds. The fourth-order valence-corrected chi connectivity index (χ4v) is 1.94. The van der Waals surface area contributed by atoms with Crippen molar-refractivity contribution in [1.29, 1.82) is 0 Å². The minimum atomic E-state index is 0.606. The number of anilines is 1. The number of nitrogens with zero attached hydrogens (tertiary/aromatic N) is 1. The molecule has 0 saturated carbocycles. The van der Waals surface area contributed by atoms with E-state index in [1.165, 1.54) is 11.1 Å². The van der Waals surface area contributed by atoms with Crippen LogP contribution in [0, 0.1) is 0 Å². The summed E-state index contributed by atoms with van der Waals surface area (Å²) >= 11 is 0. The number of pyridine rings is 1. The van der Waals surface area contributed by atoms with E-state index >= 15 is 0 Å². The quantitative estimate of drug-likeness (QED) is 0.896. The average molecular weight is 242 g/mol. The molecule has 3 nitrogen and oxygen atoms in total. The Bertz CT molecular complexity index is 521. The first kappa shape index (κ1) is 12.4. The Kier molecular flexibility index (Phi) is 3.82. The van der Waals surface area contributed by atoms with Crippen molar-refractivity contribution in [2.24, 2.45) is 0 Å². The molecule has 1 heterocycles. The second kappa shape index (κ2) is 5.54. The summed E-state index contributed by atoms with van der Waals surface area (Å²) in [4.78, 5) is 4.19. The van der Waals surface area contributed by atoms with Gasteiger partial charge in [-0.15, -0.1) is 0 Å². The number of nitrogen functional groups attached to an aromatic ring is 1. The minimum absolute atomic E-state index is 0.606. The largest absolute Gasteiger partial charge is 0.481 e. The SMILES string of the molecule is CCc1ccc(Cc2c(N)ccnc2OC)cc1. The van der Waals surface area contributed by atoms with Gasteiger partial charge in [0, 0.05) is 23.9 Å². The molecule has 0 fully saturated rings. The first-order valence-corrected chi connectivity index (χ1v) is 6.09. The summed E-state index contributed by atoms with van der Waals surface area (Å²) in [5, 5.41) is 0. The number of nitrogens with two attached hydrogens (primary N) is 1. The second-order valence-electron chi connectivity index (χ2n) is 4.23. The van der Waals surface area contributed by atoms with E-state index in [0.29, 0.717) is 5.88 Å². The molecular formula is C15H18N2O. The van der Waals surface area contributed by atoms with Gasteiger partial charge in [-0.2, -0.15) is 0 Å². The van der Waals surface area contributed by atoms with Crippen molar-refractivity contribution in [2.75, 3.05) is 12.8 Å². The fourth-order valence-electron chi connectivity index (χ4n) is 1.94. The predicted molar refractivity (Wildman–Crippen MR) is 73.8 cm³/mol. The summed E-state index contributed by atoms with van der Waals surface area (Å²) in [6, 6.07) is 10.4. The van der Waals surface area contributed by atoms with Gasteiger partial charge in [-0.05, 0) is 23.6 Å².